The van der Waals surface area contributed by atoms with Gasteiger partial charge in [0.2, 0.25) is 5.91 Å². The van der Waals surface area contributed by atoms with Gasteiger partial charge in [0.05, 0.1) is 0 Å². The van der Waals surface area contributed by atoms with Crippen LogP contribution in [0.15, 0.2) is 24.3 Å². The molecule has 0 aliphatic carbocycles. The molecule has 1 heterocycles. The number of H-pyrrole nitrogens is 1. The summed E-state index contributed by atoms with van der Waals surface area (Å²) in [7, 11) is 1.82. The van der Waals surface area contributed by atoms with E-state index < -0.39 is 0 Å². The van der Waals surface area contributed by atoms with Crippen LogP contribution in [0.25, 0.3) is 11.4 Å². The number of aromatic amines is 1. The quantitative estimate of drug-likeness (QED) is 0.756. The van der Waals surface area contributed by atoms with E-state index in [0.29, 0.717) is 18.8 Å². The zero-order valence-corrected chi connectivity index (χ0v) is 11.0. The molecule has 6 heteroatoms. The number of hydrogen-bond donors (Lipinski definition) is 3. The summed E-state index contributed by atoms with van der Waals surface area (Å²) in [4.78, 5) is 15.9. The van der Waals surface area contributed by atoms with E-state index >= 15 is 0 Å². The summed E-state index contributed by atoms with van der Waals surface area (Å²) in [6.07, 6.45) is 0.445. The topological polar surface area (TPSA) is 82.7 Å². The first-order valence-electron chi connectivity index (χ1n) is 6.13. The number of benzene rings is 1. The van der Waals surface area contributed by atoms with E-state index in [0.717, 1.165) is 17.1 Å². The average Bonchev–Trinajstić information content (AvgIpc) is 2.83. The summed E-state index contributed by atoms with van der Waals surface area (Å²) in [5.41, 5.74) is 1.62. The molecule has 0 radical (unpaired) electrons. The summed E-state index contributed by atoms with van der Waals surface area (Å²) in [5, 5.41) is 12.7. The third kappa shape index (κ3) is 3.62. The Bertz CT molecular complexity index is 564. The maximum absolute atomic E-state index is 11.6. The summed E-state index contributed by atoms with van der Waals surface area (Å²) in [6.45, 7) is 2.51. The van der Waals surface area contributed by atoms with Crippen molar-refractivity contribution in [3.05, 3.63) is 30.1 Å². The van der Waals surface area contributed by atoms with Gasteiger partial charge in [0.15, 0.2) is 5.82 Å². The molecule has 0 spiro atoms. The highest BCUT2D eigenvalue weighted by molar-refractivity contribution is 5.91. The van der Waals surface area contributed by atoms with Crippen molar-refractivity contribution in [2.75, 3.05) is 18.9 Å². The molecule has 0 bridgehead atoms. The van der Waals surface area contributed by atoms with Gasteiger partial charge in [0.1, 0.15) is 5.82 Å². The number of amides is 1. The molecule has 1 amide bonds. The van der Waals surface area contributed by atoms with Gasteiger partial charge in [0, 0.05) is 24.2 Å². The Morgan fingerprint density at radius 3 is 2.95 bits per heavy atom. The molecule has 3 N–H and O–H groups in total. The number of rotatable bonds is 5. The number of aryl methyl sites for hydroxylation is 1. The molecule has 0 saturated heterocycles. The Morgan fingerprint density at radius 1 is 1.42 bits per heavy atom. The van der Waals surface area contributed by atoms with Crippen molar-refractivity contribution in [3.8, 4) is 11.4 Å². The molecule has 0 unspecified atom stereocenters. The van der Waals surface area contributed by atoms with E-state index in [1.54, 1.807) is 0 Å². The first-order valence-corrected chi connectivity index (χ1v) is 6.13. The summed E-state index contributed by atoms with van der Waals surface area (Å²) >= 11 is 0. The fraction of sp³-hybridized carbons (Fsp3) is 0.308. The molecule has 0 saturated carbocycles. The summed E-state index contributed by atoms with van der Waals surface area (Å²) in [6, 6.07) is 7.49. The second-order valence-electron chi connectivity index (χ2n) is 4.23. The number of carbonyl (C=O) groups is 1. The number of carbonyl (C=O) groups excluding carboxylic acids is 1. The molecule has 2 rings (SSSR count). The van der Waals surface area contributed by atoms with Crippen molar-refractivity contribution >= 4 is 11.6 Å². The maximum atomic E-state index is 11.6. The summed E-state index contributed by atoms with van der Waals surface area (Å²) in [5.74, 6) is 1.37. The molecule has 2 aromatic rings. The average molecular weight is 259 g/mol. The van der Waals surface area contributed by atoms with E-state index in [2.05, 4.69) is 25.8 Å². The Labute approximate surface area is 111 Å². The van der Waals surface area contributed by atoms with Crippen LogP contribution in [0.2, 0.25) is 0 Å². The highest BCUT2D eigenvalue weighted by atomic mass is 16.1. The van der Waals surface area contributed by atoms with Crippen molar-refractivity contribution in [1.82, 2.24) is 20.5 Å². The minimum absolute atomic E-state index is 0.0160. The SMILES string of the molecule is CNCCC(=O)Nc1cccc(-c2n[nH]c(C)n2)c1. The number of aromatic nitrogens is 3. The van der Waals surface area contributed by atoms with Crippen molar-refractivity contribution in [3.63, 3.8) is 0 Å². The van der Waals surface area contributed by atoms with E-state index in [1.165, 1.54) is 0 Å². The number of nitrogens with one attached hydrogen (secondary N) is 3. The van der Waals surface area contributed by atoms with Gasteiger partial charge in [-0.2, -0.15) is 5.10 Å². The van der Waals surface area contributed by atoms with Gasteiger partial charge in [-0.25, -0.2) is 4.98 Å². The minimum atomic E-state index is -0.0160. The lowest BCUT2D eigenvalue weighted by Gasteiger charge is -2.06. The van der Waals surface area contributed by atoms with Gasteiger partial charge in [-0.3, -0.25) is 9.89 Å². The lowest BCUT2D eigenvalue weighted by atomic mass is 10.2. The Kier molecular flexibility index (Phi) is 4.25. The van der Waals surface area contributed by atoms with Gasteiger partial charge in [0.25, 0.3) is 0 Å². The van der Waals surface area contributed by atoms with Crippen LogP contribution in [0.3, 0.4) is 0 Å². The standard InChI is InChI=1S/C13H17N5O/c1-9-15-13(18-17-9)10-4-3-5-11(8-10)16-12(19)6-7-14-2/h3-5,8,14H,6-7H2,1-2H3,(H,16,19)(H,15,17,18). The lowest BCUT2D eigenvalue weighted by Crippen LogP contribution is -2.18. The molecule has 1 aromatic heterocycles. The van der Waals surface area contributed by atoms with Crippen LogP contribution in [0, 0.1) is 6.92 Å². The van der Waals surface area contributed by atoms with Gasteiger partial charge < -0.3 is 10.6 Å². The van der Waals surface area contributed by atoms with Gasteiger partial charge in [-0.15, -0.1) is 0 Å². The monoisotopic (exact) mass is 259 g/mol. The van der Waals surface area contributed by atoms with Gasteiger partial charge in [-0.05, 0) is 26.1 Å². The first-order chi connectivity index (χ1) is 9.19. The minimum Gasteiger partial charge on any atom is -0.326 e. The Balaban J connectivity index is 2.09. The van der Waals surface area contributed by atoms with Crippen molar-refractivity contribution in [1.29, 1.82) is 0 Å². The van der Waals surface area contributed by atoms with E-state index in [-0.39, 0.29) is 5.91 Å². The maximum Gasteiger partial charge on any atom is 0.225 e. The third-order valence-electron chi connectivity index (χ3n) is 2.60. The second-order valence-corrected chi connectivity index (χ2v) is 4.23. The molecular formula is C13H17N5O. The van der Waals surface area contributed by atoms with Crippen LogP contribution in [0.4, 0.5) is 5.69 Å². The molecule has 100 valence electrons. The normalized spacial score (nSPS) is 10.4. The van der Waals surface area contributed by atoms with Gasteiger partial charge >= 0.3 is 0 Å². The zero-order valence-electron chi connectivity index (χ0n) is 11.0. The van der Waals surface area contributed by atoms with Crippen molar-refractivity contribution in [2.45, 2.75) is 13.3 Å². The van der Waals surface area contributed by atoms with E-state index in [1.807, 2.05) is 38.2 Å². The highest BCUT2D eigenvalue weighted by Gasteiger charge is 2.06. The Morgan fingerprint density at radius 2 is 2.26 bits per heavy atom. The van der Waals surface area contributed by atoms with Gasteiger partial charge in [-0.1, -0.05) is 12.1 Å². The molecule has 1 aromatic carbocycles. The smallest absolute Gasteiger partial charge is 0.225 e. The molecule has 6 nitrogen and oxygen atoms in total. The van der Waals surface area contributed by atoms with Crippen LogP contribution in [-0.2, 0) is 4.79 Å². The van der Waals surface area contributed by atoms with Crippen LogP contribution in [-0.4, -0.2) is 34.7 Å². The Hall–Kier alpha value is -2.21. The molecule has 19 heavy (non-hydrogen) atoms. The van der Waals surface area contributed by atoms with Crippen LogP contribution in [0.1, 0.15) is 12.2 Å². The predicted octanol–water partition coefficient (Wildman–Crippen LogP) is 1.33. The molecule has 0 atom stereocenters. The van der Waals surface area contributed by atoms with Crippen molar-refractivity contribution in [2.24, 2.45) is 0 Å². The second kappa shape index (κ2) is 6.10. The fourth-order valence-corrected chi connectivity index (χ4v) is 1.67. The molecular weight excluding hydrogens is 242 g/mol. The number of anilines is 1. The zero-order chi connectivity index (χ0) is 13.7. The molecule has 0 aliphatic heterocycles. The van der Waals surface area contributed by atoms with E-state index in [4.69, 9.17) is 0 Å². The fourth-order valence-electron chi connectivity index (χ4n) is 1.67. The first kappa shape index (κ1) is 13.2. The van der Waals surface area contributed by atoms with Crippen LogP contribution >= 0.6 is 0 Å². The van der Waals surface area contributed by atoms with Crippen molar-refractivity contribution < 1.29 is 4.79 Å². The van der Waals surface area contributed by atoms with Crippen LogP contribution in [0.5, 0.6) is 0 Å². The predicted molar refractivity (Wildman–Crippen MR) is 73.7 cm³/mol. The number of hydrogen-bond acceptors (Lipinski definition) is 4. The highest BCUT2D eigenvalue weighted by Crippen LogP contribution is 2.19. The molecule has 0 aliphatic rings. The van der Waals surface area contributed by atoms with E-state index in [9.17, 15) is 4.79 Å². The largest absolute Gasteiger partial charge is 0.326 e. The third-order valence-corrected chi connectivity index (χ3v) is 2.60. The van der Waals surface area contributed by atoms with Crippen LogP contribution < -0.4 is 10.6 Å². The molecule has 0 fully saturated rings. The number of nitrogens with zero attached hydrogens (tertiary/aromatic N) is 2. The summed E-state index contributed by atoms with van der Waals surface area (Å²) < 4.78 is 0. The lowest BCUT2D eigenvalue weighted by molar-refractivity contribution is -0.116.